The maximum Gasteiger partial charge on any atom is 0.311 e. The quantitative estimate of drug-likeness (QED) is 0.487. The number of phenols is 1. The van der Waals surface area contributed by atoms with Crippen LogP contribution in [0.3, 0.4) is 0 Å². The van der Waals surface area contributed by atoms with Crippen molar-refractivity contribution in [3.63, 3.8) is 0 Å². The van der Waals surface area contributed by atoms with Crippen LogP contribution in [0.5, 0.6) is 5.75 Å². The van der Waals surface area contributed by atoms with Crippen LogP contribution in [0.15, 0.2) is 29.4 Å². The van der Waals surface area contributed by atoms with Gasteiger partial charge >= 0.3 is 5.97 Å². The molecular formula is C14H19NO4. The van der Waals surface area contributed by atoms with Gasteiger partial charge in [-0.3, -0.25) is 4.79 Å². The zero-order valence-electron chi connectivity index (χ0n) is 11.4. The lowest BCUT2D eigenvalue weighted by molar-refractivity contribution is -0.139. The molecule has 1 aromatic carbocycles. The van der Waals surface area contributed by atoms with Gasteiger partial charge in [0, 0.05) is 6.42 Å². The van der Waals surface area contributed by atoms with E-state index in [2.05, 4.69) is 9.89 Å². The van der Waals surface area contributed by atoms with E-state index in [0.29, 0.717) is 12.1 Å². The molecule has 0 saturated heterocycles. The summed E-state index contributed by atoms with van der Waals surface area (Å²) in [6.45, 7) is 3.72. The first-order valence-corrected chi connectivity index (χ1v) is 6.07. The second-order valence-corrected chi connectivity index (χ2v) is 4.41. The highest BCUT2D eigenvalue weighted by molar-refractivity contribution is 5.99. The molecule has 0 radical (unpaired) electrons. The predicted molar refractivity (Wildman–Crippen MR) is 72.1 cm³/mol. The van der Waals surface area contributed by atoms with E-state index in [1.165, 1.54) is 7.11 Å². The van der Waals surface area contributed by atoms with Gasteiger partial charge in [0.15, 0.2) is 0 Å². The number of esters is 1. The Morgan fingerprint density at radius 3 is 2.47 bits per heavy atom. The van der Waals surface area contributed by atoms with Gasteiger partial charge in [-0.15, -0.1) is 0 Å². The highest BCUT2D eigenvalue weighted by Gasteiger charge is 2.10. The summed E-state index contributed by atoms with van der Waals surface area (Å²) in [4.78, 5) is 16.5. The molecule has 5 nitrogen and oxygen atoms in total. The number of oxime groups is 1. The summed E-state index contributed by atoms with van der Waals surface area (Å²) in [7, 11) is 1.34. The van der Waals surface area contributed by atoms with E-state index in [4.69, 9.17) is 4.84 Å². The average molecular weight is 265 g/mol. The zero-order valence-corrected chi connectivity index (χ0v) is 11.4. The highest BCUT2D eigenvalue weighted by atomic mass is 16.6. The second kappa shape index (κ2) is 7.41. The van der Waals surface area contributed by atoms with Crippen LogP contribution in [0.1, 0.15) is 25.8 Å². The largest absolute Gasteiger partial charge is 0.508 e. The molecule has 0 aromatic heterocycles. The number of carbonyl (C=O) groups is 1. The number of nitrogens with zero attached hydrogens (tertiary/aromatic N) is 1. The molecule has 1 aromatic rings. The van der Waals surface area contributed by atoms with Crippen LogP contribution in [0.2, 0.25) is 0 Å². The molecule has 19 heavy (non-hydrogen) atoms. The van der Waals surface area contributed by atoms with Crippen molar-refractivity contribution in [2.45, 2.75) is 32.8 Å². The van der Waals surface area contributed by atoms with E-state index in [9.17, 15) is 9.90 Å². The van der Waals surface area contributed by atoms with E-state index in [1.54, 1.807) is 24.3 Å². The van der Waals surface area contributed by atoms with Crippen LogP contribution >= 0.6 is 0 Å². The molecular weight excluding hydrogens is 246 g/mol. The Kier molecular flexibility index (Phi) is 5.85. The molecule has 0 unspecified atom stereocenters. The standard InChI is InChI=1S/C14H19NO4/c1-10(2)19-15-12(9-14(17)18-3)8-11-4-6-13(16)7-5-11/h4-7,10,16H,8-9H2,1-3H3. The van der Waals surface area contributed by atoms with Gasteiger partial charge in [0.2, 0.25) is 0 Å². The fourth-order valence-corrected chi connectivity index (χ4v) is 1.40. The first kappa shape index (κ1) is 15.0. The molecule has 0 atom stereocenters. The van der Waals surface area contributed by atoms with Gasteiger partial charge in [-0.2, -0.15) is 0 Å². The lowest BCUT2D eigenvalue weighted by Gasteiger charge is -2.08. The molecule has 0 aliphatic carbocycles. The van der Waals surface area contributed by atoms with Crippen molar-refractivity contribution in [2.75, 3.05) is 7.11 Å². The fourth-order valence-electron chi connectivity index (χ4n) is 1.40. The lowest BCUT2D eigenvalue weighted by Crippen LogP contribution is -2.13. The molecule has 0 bridgehead atoms. The third-order valence-electron chi connectivity index (χ3n) is 2.31. The Morgan fingerprint density at radius 2 is 1.95 bits per heavy atom. The van der Waals surface area contributed by atoms with Gasteiger partial charge in [-0.05, 0) is 31.5 Å². The third kappa shape index (κ3) is 5.90. The van der Waals surface area contributed by atoms with E-state index in [-0.39, 0.29) is 24.2 Å². The molecule has 0 amide bonds. The number of hydrogen-bond donors (Lipinski definition) is 1. The van der Waals surface area contributed by atoms with Gasteiger partial charge in [0.05, 0.1) is 19.2 Å². The molecule has 0 aliphatic rings. The van der Waals surface area contributed by atoms with Crippen LogP contribution < -0.4 is 0 Å². The summed E-state index contributed by atoms with van der Waals surface area (Å²) in [6, 6.07) is 6.73. The first-order valence-electron chi connectivity index (χ1n) is 6.07. The number of hydrogen-bond acceptors (Lipinski definition) is 5. The summed E-state index contributed by atoms with van der Waals surface area (Å²) in [5.74, 6) is -0.154. The van der Waals surface area contributed by atoms with Crippen molar-refractivity contribution >= 4 is 11.7 Å². The molecule has 0 fully saturated rings. The fraction of sp³-hybridized carbons (Fsp3) is 0.429. The molecule has 5 heteroatoms. The van der Waals surface area contributed by atoms with Crippen LogP contribution in [-0.4, -0.2) is 30.0 Å². The Bertz CT molecular complexity index is 437. The third-order valence-corrected chi connectivity index (χ3v) is 2.31. The molecule has 1 rings (SSSR count). The van der Waals surface area contributed by atoms with Gasteiger partial charge in [-0.1, -0.05) is 17.3 Å². The minimum atomic E-state index is -0.357. The van der Waals surface area contributed by atoms with Crippen LogP contribution in [0.4, 0.5) is 0 Å². The van der Waals surface area contributed by atoms with E-state index in [0.717, 1.165) is 5.56 Å². The van der Waals surface area contributed by atoms with Crippen LogP contribution in [0, 0.1) is 0 Å². The molecule has 104 valence electrons. The Labute approximate surface area is 112 Å². The number of methoxy groups -OCH3 is 1. The normalized spacial score (nSPS) is 11.5. The number of rotatable bonds is 6. The maximum atomic E-state index is 11.3. The summed E-state index contributed by atoms with van der Waals surface area (Å²) in [5, 5.41) is 13.2. The van der Waals surface area contributed by atoms with Crippen molar-refractivity contribution in [2.24, 2.45) is 5.16 Å². The number of aromatic hydroxyl groups is 1. The number of phenolic OH excluding ortho intramolecular Hbond substituents is 1. The van der Waals surface area contributed by atoms with Gasteiger partial charge in [0.1, 0.15) is 11.9 Å². The Hall–Kier alpha value is -2.04. The van der Waals surface area contributed by atoms with Crippen molar-refractivity contribution in [1.82, 2.24) is 0 Å². The van der Waals surface area contributed by atoms with Gasteiger partial charge in [-0.25, -0.2) is 0 Å². The summed E-state index contributed by atoms with van der Waals surface area (Å²) in [5.41, 5.74) is 1.53. The second-order valence-electron chi connectivity index (χ2n) is 4.41. The van der Waals surface area contributed by atoms with Gasteiger partial charge in [0.25, 0.3) is 0 Å². The lowest BCUT2D eigenvalue weighted by atomic mass is 10.1. The van der Waals surface area contributed by atoms with E-state index < -0.39 is 0 Å². The number of ether oxygens (including phenoxy) is 1. The van der Waals surface area contributed by atoms with E-state index >= 15 is 0 Å². The SMILES string of the molecule is COC(=O)CC(Cc1ccc(O)cc1)=NOC(C)C. The van der Waals surface area contributed by atoms with Gasteiger partial charge < -0.3 is 14.7 Å². The molecule has 0 heterocycles. The minimum Gasteiger partial charge on any atom is -0.508 e. The molecule has 0 saturated carbocycles. The average Bonchev–Trinajstić information content (AvgIpc) is 2.38. The maximum absolute atomic E-state index is 11.3. The monoisotopic (exact) mass is 265 g/mol. The number of carbonyl (C=O) groups excluding carboxylic acids is 1. The smallest absolute Gasteiger partial charge is 0.311 e. The van der Waals surface area contributed by atoms with E-state index in [1.807, 2.05) is 13.8 Å². The summed E-state index contributed by atoms with van der Waals surface area (Å²) in [6.07, 6.45) is 0.513. The topological polar surface area (TPSA) is 68.1 Å². The highest BCUT2D eigenvalue weighted by Crippen LogP contribution is 2.12. The molecule has 0 spiro atoms. The van der Waals surface area contributed by atoms with Crippen molar-refractivity contribution < 1.29 is 19.5 Å². The van der Waals surface area contributed by atoms with Crippen molar-refractivity contribution in [3.05, 3.63) is 29.8 Å². The summed E-state index contributed by atoms with van der Waals surface area (Å²) >= 11 is 0. The molecule has 1 N–H and O–H groups in total. The Balaban J connectivity index is 2.75. The van der Waals surface area contributed by atoms with Crippen molar-refractivity contribution in [1.29, 1.82) is 0 Å². The Morgan fingerprint density at radius 1 is 1.32 bits per heavy atom. The number of benzene rings is 1. The minimum absolute atomic E-state index is 0.0486. The zero-order chi connectivity index (χ0) is 14.3. The van der Waals surface area contributed by atoms with Crippen LogP contribution in [-0.2, 0) is 20.8 Å². The van der Waals surface area contributed by atoms with Crippen molar-refractivity contribution in [3.8, 4) is 5.75 Å². The predicted octanol–water partition coefficient (Wildman–Crippen LogP) is 2.28. The summed E-state index contributed by atoms with van der Waals surface area (Å²) < 4.78 is 4.63. The molecule has 0 aliphatic heterocycles. The van der Waals surface area contributed by atoms with Crippen LogP contribution in [0.25, 0.3) is 0 Å². The first-order chi connectivity index (χ1) is 9.01.